The quantitative estimate of drug-likeness (QED) is 0.232. The largest absolute Gasteiger partial charge is 0.488 e. The number of nitrogens with zero attached hydrogens (tertiary/aromatic N) is 3. The molecule has 0 N–H and O–H groups in total. The first-order valence-corrected chi connectivity index (χ1v) is 15.3. The number of benzene rings is 3. The lowest BCUT2D eigenvalue weighted by atomic mass is 9.94. The summed E-state index contributed by atoms with van der Waals surface area (Å²) in [6, 6.07) is 22.3. The van der Waals surface area contributed by atoms with Gasteiger partial charge in [0, 0.05) is 28.1 Å². The summed E-state index contributed by atoms with van der Waals surface area (Å²) >= 11 is 11.0. The van der Waals surface area contributed by atoms with Crippen LogP contribution in [-0.4, -0.2) is 28.5 Å². The van der Waals surface area contributed by atoms with Crippen LogP contribution in [-0.2, 0) is 11.4 Å². The summed E-state index contributed by atoms with van der Waals surface area (Å²) < 4.78 is 9.30. The Kier molecular flexibility index (Phi) is 8.92. The predicted molar refractivity (Wildman–Crippen MR) is 168 cm³/mol. The summed E-state index contributed by atoms with van der Waals surface area (Å²) in [5.74, 6) is 0.543. The lowest BCUT2D eigenvalue weighted by molar-refractivity contribution is -0.127. The van der Waals surface area contributed by atoms with Crippen molar-refractivity contribution in [1.29, 1.82) is 0 Å². The van der Waals surface area contributed by atoms with Crippen molar-refractivity contribution in [1.82, 2.24) is 9.47 Å². The minimum absolute atomic E-state index is 0.128. The van der Waals surface area contributed by atoms with Gasteiger partial charge in [-0.25, -0.2) is 4.99 Å². The summed E-state index contributed by atoms with van der Waals surface area (Å²) in [5, 5.41) is 0.582. The number of ether oxygens (including phenoxy) is 1. The van der Waals surface area contributed by atoms with E-state index in [4.69, 9.17) is 21.3 Å². The van der Waals surface area contributed by atoms with E-state index >= 15 is 0 Å². The molecule has 1 aliphatic heterocycles. The number of amides is 1. The second-order valence-electron chi connectivity index (χ2n) is 9.56. The molecule has 2 heterocycles. The topological polar surface area (TPSA) is 63.9 Å². The Balaban J connectivity index is 1.60. The van der Waals surface area contributed by atoms with Gasteiger partial charge < -0.3 is 9.64 Å². The molecule has 210 valence electrons. The van der Waals surface area contributed by atoms with Gasteiger partial charge in [-0.05, 0) is 68.3 Å². The number of likely N-dealkylation sites (N-methyl/N-ethyl adjacent to an activating group) is 1. The number of rotatable bonds is 8. The maximum absolute atomic E-state index is 14.0. The van der Waals surface area contributed by atoms with Gasteiger partial charge in [0.2, 0.25) is 0 Å². The Morgan fingerprint density at radius 1 is 1.07 bits per heavy atom. The van der Waals surface area contributed by atoms with Crippen molar-refractivity contribution in [2.45, 2.75) is 33.4 Å². The second-order valence-corrected chi connectivity index (χ2v) is 11.9. The van der Waals surface area contributed by atoms with E-state index in [0.29, 0.717) is 51.1 Å². The van der Waals surface area contributed by atoms with E-state index in [1.807, 2.05) is 87.5 Å². The van der Waals surface area contributed by atoms with E-state index in [-0.39, 0.29) is 11.5 Å². The molecule has 1 atom stereocenters. The minimum Gasteiger partial charge on any atom is -0.488 e. The van der Waals surface area contributed by atoms with Crippen molar-refractivity contribution in [2.24, 2.45) is 4.99 Å². The van der Waals surface area contributed by atoms with E-state index in [2.05, 4.69) is 15.9 Å². The fourth-order valence-corrected chi connectivity index (χ4v) is 6.28. The van der Waals surface area contributed by atoms with Crippen molar-refractivity contribution in [3.05, 3.63) is 130 Å². The Hall–Kier alpha value is -3.46. The van der Waals surface area contributed by atoms with Crippen molar-refractivity contribution >= 4 is 50.9 Å². The zero-order chi connectivity index (χ0) is 29.1. The third kappa shape index (κ3) is 6.10. The molecule has 6 nitrogen and oxygen atoms in total. The molecule has 0 saturated carbocycles. The molecular weight excluding hydrogens is 622 g/mol. The van der Waals surface area contributed by atoms with E-state index in [0.717, 1.165) is 21.2 Å². The number of hydrogen-bond acceptors (Lipinski definition) is 5. The van der Waals surface area contributed by atoms with E-state index in [1.165, 1.54) is 11.3 Å². The molecule has 0 saturated heterocycles. The van der Waals surface area contributed by atoms with Crippen LogP contribution in [0.15, 0.2) is 98.3 Å². The third-order valence-electron chi connectivity index (χ3n) is 7.00. The zero-order valence-corrected chi connectivity index (χ0v) is 26.1. The molecule has 5 rings (SSSR count). The molecule has 1 aromatic heterocycles. The maximum Gasteiger partial charge on any atom is 0.271 e. The smallest absolute Gasteiger partial charge is 0.271 e. The highest BCUT2D eigenvalue weighted by atomic mass is 79.9. The summed E-state index contributed by atoms with van der Waals surface area (Å²) in [5.41, 5.74) is 3.50. The van der Waals surface area contributed by atoms with Crippen LogP contribution in [0, 0.1) is 0 Å². The van der Waals surface area contributed by atoms with Crippen LogP contribution in [0.5, 0.6) is 5.75 Å². The van der Waals surface area contributed by atoms with Gasteiger partial charge in [0.1, 0.15) is 12.4 Å². The number of fused-ring (bicyclic) bond motifs is 1. The number of allylic oxidation sites excluding steroid dienone is 1. The molecule has 1 aliphatic rings. The molecule has 0 aliphatic carbocycles. The van der Waals surface area contributed by atoms with Crippen LogP contribution in [0.25, 0.3) is 6.08 Å². The molecule has 0 unspecified atom stereocenters. The molecule has 4 aromatic rings. The van der Waals surface area contributed by atoms with Crippen molar-refractivity contribution < 1.29 is 9.53 Å². The summed E-state index contributed by atoms with van der Waals surface area (Å²) in [6.07, 6.45) is 1.84. The Labute approximate surface area is 256 Å². The number of halogens is 2. The molecule has 41 heavy (non-hydrogen) atoms. The van der Waals surface area contributed by atoms with Crippen molar-refractivity contribution in [2.75, 3.05) is 13.1 Å². The van der Waals surface area contributed by atoms with E-state index in [1.54, 1.807) is 21.6 Å². The lowest BCUT2D eigenvalue weighted by Gasteiger charge is -2.29. The van der Waals surface area contributed by atoms with Gasteiger partial charge >= 0.3 is 0 Å². The van der Waals surface area contributed by atoms with Crippen LogP contribution >= 0.6 is 38.9 Å². The van der Waals surface area contributed by atoms with Crippen LogP contribution in [0.4, 0.5) is 0 Å². The van der Waals surface area contributed by atoms with E-state index in [9.17, 15) is 9.59 Å². The molecule has 1 amide bonds. The molecule has 0 fully saturated rings. The van der Waals surface area contributed by atoms with Gasteiger partial charge in [0.05, 0.1) is 21.8 Å². The first kappa shape index (κ1) is 29.0. The first-order valence-electron chi connectivity index (χ1n) is 13.3. The summed E-state index contributed by atoms with van der Waals surface area (Å²) in [6.45, 7) is 7.23. The average molecular weight is 651 g/mol. The number of hydrogen-bond donors (Lipinski definition) is 0. The van der Waals surface area contributed by atoms with Crippen LogP contribution in [0.2, 0.25) is 5.02 Å². The normalized spacial score (nSPS) is 15.0. The van der Waals surface area contributed by atoms with Crippen LogP contribution in [0.3, 0.4) is 0 Å². The highest BCUT2D eigenvalue weighted by Crippen LogP contribution is 2.32. The minimum atomic E-state index is -0.623. The second kappa shape index (κ2) is 12.6. The highest BCUT2D eigenvalue weighted by molar-refractivity contribution is 9.10. The van der Waals surface area contributed by atoms with Gasteiger partial charge in [0.15, 0.2) is 4.80 Å². The van der Waals surface area contributed by atoms with Gasteiger partial charge in [0.25, 0.3) is 11.5 Å². The molecule has 0 spiro atoms. The van der Waals surface area contributed by atoms with Gasteiger partial charge in [-0.2, -0.15) is 0 Å². The predicted octanol–water partition coefficient (Wildman–Crippen LogP) is 6.10. The number of carbonyl (C=O) groups is 1. The monoisotopic (exact) mass is 649 g/mol. The summed E-state index contributed by atoms with van der Waals surface area (Å²) in [4.78, 5) is 34.8. The van der Waals surface area contributed by atoms with Gasteiger partial charge in [-0.15, -0.1) is 0 Å². The zero-order valence-electron chi connectivity index (χ0n) is 22.9. The molecular formula is C32H29BrClN3O3S. The number of thiazole rings is 1. The standard InChI is InChI=1S/C32H29BrClN3O3S/c1-4-36(5-2)31(39)28-20(3)35-32-37(29(28)22-12-16-25(34)17-13-22)30(38)27(41-32)18-23-8-6-7-9-26(23)40-19-21-10-14-24(33)15-11-21/h6-18,29H,4-5,19H2,1-3H3/b27-18+/t29-/m1/s1. The number of carbonyl (C=O) groups excluding carboxylic acids is 1. The first-order chi connectivity index (χ1) is 19.8. The van der Waals surface area contributed by atoms with Crippen LogP contribution in [0.1, 0.15) is 43.5 Å². The Morgan fingerprint density at radius 3 is 2.44 bits per heavy atom. The Morgan fingerprint density at radius 2 is 1.76 bits per heavy atom. The lowest BCUT2D eigenvalue weighted by Crippen LogP contribution is -2.43. The Bertz CT molecular complexity index is 1790. The number of aromatic nitrogens is 1. The third-order valence-corrected chi connectivity index (χ3v) is 8.77. The molecule has 0 radical (unpaired) electrons. The molecule has 0 bridgehead atoms. The summed E-state index contributed by atoms with van der Waals surface area (Å²) in [7, 11) is 0. The average Bonchev–Trinajstić information content (AvgIpc) is 3.27. The van der Waals surface area contributed by atoms with E-state index < -0.39 is 6.04 Å². The van der Waals surface area contributed by atoms with Crippen molar-refractivity contribution in [3.8, 4) is 5.75 Å². The van der Waals surface area contributed by atoms with Gasteiger partial charge in [-0.1, -0.05) is 81.3 Å². The van der Waals surface area contributed by atoms with Crippen LogP contribution < -0.4 is 19.6 Å². The SMILES string of the molecule is CCN(CC)C(=O)C1=C(C)N=c2s/c(=C/c3ccccc3OCc3ccc(Br)cc3)c(=O)n2[C@@H]1c1ccc(Cl)cc1. The number of para-hydroxylation sites is 1. The molecule has 9 heteroatoms. The van der Waals surface area contributed by atoms with Crippen molar-refractivity contribution in [3.63, 3.8) is 0 Å². The maximum atomic E-state index is 14.0. The highest BCUT2D eigenvalue weighted by Gasteiger charge is 2.34. The van der Waals surface area contributed by atoms with Gasteiger partial charge in [-0.3, -0.25) is 14.2 Å². The fraction of sp³-hybridized carbons (Fsp3) is 0.219. The fourth-order valence-electron chi connectivity index (χ4n) is 4.85. The molecule has 3 aromatic carbocycles.